The molecule has 1 heterocycles. The van der Waals surface area contributed by atoms with Crippen LogP contribution in [0.25, 0.3) is 0 Å². The lowest BCUT2D eigenvalue weighted by atomic mass is 10.1. The van der Waals surface area contributed by atoms with Crippen LogP contribution in [-0.4, -0.2) is 41.0 Å². The quantitative estimate of drug-likeness (QED) is 0.774. The van der Waals surface area contributed by atoms with E-state index in [0.29, 0.717) is 12.8 Å². The number of likely N-dealkylation sites (tertiary alicyclic amines) is 1. The van der Waals surface area contributed by atoms with Crippen LogP contribution in [0.4, 0.5) is 18.9 Å². The Hall–Kier alpha value is -2.09. The zero-order valence-corrected chi connectivity index (χ0v) is 11.6. The van der Waals surface area contributed by atoms with E-state index in [0.717, 1.165) is 24.3 Å². The van der Waals surface area contributed by atoms with E-state index in [2.05, 4.69) is 5.32 Å². The first-order valence-corrected chi connectivity index (χ1v) is 6.73. The van der Waals surface area contributed by atoms with Gasteiger partial charge < -0.3 is 15.3 Å². The summed E-state index contributed by atoms with van der Waals surface area (Å²) in [6, 6.07) is 3.84. The number of aliphatic hydroxyl groups excluding tert-OH is 1. The van der Waals surface area contributed by atoms with Gasteiger partial charge in [0.1, 0.15) is 0 Å². The topological polar surface area (TPSA) is 69.6 Å². The van der Waals surface area contributed by atoms with Gasteiger partial charge in [0.15, 0.2) is 0 Å². The number of hydrogen-bond acceptors (Lipinski definition) is 3. The van der Waals surface area contributed by atoms with Crippen molar-refractivity contribution in [2.45, 2.75) is 25.1 Å². The van der Waals surface area contributed by atoms with Gasteiger partial charge in [-0.2, -0.15) is 13.2 Å². The summed E-state index contributed by atoms with van der Waals surface area (Å²) < 4.78 is 37.2. The Morgan fingerprint density at radius 2 is 1.68 bits per heavy atom. The number of halogens is 3. The molecule has 2 N–H and O–H groups in total. The lowest BCUT2D eigenvalue weighted by Gasteiger charge is -2.28. The lowest BCUT2D eigenvalue weighted by molar-refractivity contribution is -0.144. The van der Waals surface area contributed by atoms with Crippen LogP contribution < -0.4 is 5.32 Å². The van der Waals surface area contributed by atoms with Crippen LogP contribution in [0.2, 0.25) is 0 Å². The van der Waals surface area contributed by atoms with Gasteiger partial charge in [-0.1, -0.05) is 0 Å². The molecule has 1 aliphatic rings. The number of nitrogens with zero attached hydrogens (tertiary/aromatic N) is 1. The second-order valence-electron chi connectivity index (χ2n) is 5.05. The molecular formula is C14H15F3N2O3. The maximum atomic E-state index is 12.4. The third-order valence-corrected chi connectivity index (χ3v) is 3.42. The Kier molecular flexibility index (Phi) is 4.70. The van der Waals surface area contributed by atoms with Crippen molar-refractivity contribution in [3.8, 4) is 0 Å². The Morgan fingerprint density at radius 1 is 1.14 bits per heavy atom. The third-order valence-electron chi connectivity index (χ3n) is 3.42. The van der Waals surface area contributed by atoms with Gasteiger partial charge in [0.2, 0.25) is 0 Å². The van der Waals surface area contributed by atoms with Crippen molar-refractivity contribution in [3.63, 3.8) is 0 Å². The summed E-state index contributed by atoms with van der Waals surface area (Å²) in [5.74, 6) is -1.66. The fraction of sp³-hybridized carbons (Fsp3) is 0.429. The van der Waals surface area contributed by atoms with Gasteiger partial charge in [0.05, 0.1) is 11.7 Å². The van der Waals surface area contributed by atoms with E-state index < -0.39 is 29.7 Å². The van der Waals surface area contributed by atoms with Crippen LogP contribution in [0, 0.1) is 0 Å². The summed E-state index contributed by atoms with van der Waals surface area (Å²) in [5.41, 5.74) is -0.717. The van der Waals surface area contributed by atoms with Crippen molar-refractivity contribution < 1.29 is 27.9 Å². The highest BCUT2D eigenvalue weighted by atomic mass is 19.4. The molecule has 8 heteroatoms. The van der Waals surface area contributed by atoms with Crippen molar-refractivity contribution in [3.05, 3.63) is 29.8 Å². The van der Waals surface area contributed by atoms with E-state index >= 15 is 0 Å². The molecule has 2 amide bonds. The monoisotopic (exact) mass is 316 g/mol. The minimum absolute atomic E-state index is 0.114. The average molecular weight is 316 g/mol. The summed E-state index contributed by atoms with van der Waals surface area (Å²) in [6.45, 7) is 0.556. The maximum absolute atomic E-state index is 12.4. The summed E-state index contributed by atoms with van der Waals surface area (Å²) in [6.07, 6.45) is -4.12. The second kappa shape index (κ2) is 6.35. The summed E-state index contributed by atoms with van der Waals surface area (Å²) in [7, 11) is 0. The van der Waals surface area contributed by atoms with E-state index in [1.165, 1.54) is 4.90 Å². The molecule has 1 fully saturated rings. The molecule has 1 saturated heterocycles. The normalized spacial score (nSPS) is 16.5. The van der Waals surface area contributed by atoms with Gasteiger partial charge in [-0.3, -0.25) is 9.59 Å². The number of nitrogens with one attached hydrogen (secondary N) is 1. The van der Waals surface area contributed by atoms with Gasteiger partial charge in [0.25, 0.3) is 0 Å². The van der Waals surface area contributed by atoms with Crippen molar-refractivity contribution in [1.82, 2.24) is 4.90 Å². The number of alkyl halides is 3. The molecule has 0 unspecified atom stereocenters. The van der Waals surface area contributed by atoms with Gasteiger partial charge in [-0.15, -0.1) is 0 Å². The molecule has 0 aliphatic carbocycles. The molecule has 120 valence electrons. The number of rotatable bonds is 1. The smallest absolute Gasteiger partial charge is 0.393 e. The van der Waals surface area contributed by atoms with Crippen LogP contribution in [-0.2, 0) is 15.8 Å². The standard InChI is InChI=1S/C14H15F3N2O3/c15-14(16,17)9-1-3-10(4-2-9)18-12(21)13(22)19-7-5-11(20)6-8-19/h1-4,11,20H,5-8H2,(H,18,21). The van der Waals surface area contributed by atoms with E-state index in [9.17, 15) is 27.9 Å². The first-order valence-electron chi connectivity index (χ1n) is 6.73. The number of carbonyl (C=O) groups is 2. The van der Waals surface area contributed by atoms with Crippen molar-refractivity contribution in [2.75, 3.05) is 18.4 Å². The number of aliphatic hydroxyl groups is 1. The molecule has 5 nitrogen and oxygen atoms in total. The van der Waals surface area contributed by atoms with Gasteiger partial charge in [-0.25, -0.2) is 0 Å². The second-order valence-corrected chi connectivity index (χ2v) is 5.05. The Labute approximate surface area is 124 Å². The summed E-state index contributed by atoms with van der Waals surface area (Å²) in [5, 5.41) is 11.6. The molecule has 0 radical (unpaired) electrons. The highest BCUT2D eigenvalue weighted by molar-refractivity contribution is 6.39. The Bertz CT molecular complexity index is 549. The lowest BCUT2D eigenvalue weighted by Crippen LogP contribution is -2.45. The minimum atomic E-state index is -4.45. The highest BCUT2D eigenvalue weighted by Gasteiger charge is 2.30. The SMILES string of the molecule is O=C(Nc1ccc(C(F)(F)F)cc1)C(=O)N1CCC(O)CC1. The van der Waals surface area contributed by atoms with Gasteiger partial charge in [-0.05, 0) is 37.1 Å². The molecule has 1 aliphatic heterocycles. The predicted octanol–water partition coefficient (Wildman–Crippen LogP) is 1.63. The molecule has 1 aromatic carbocycles. The highest BCUT2D eigenvalue weighted by Crippen LogP contribution is 2.29. The summed E-state index contributed by atoms with van der Waals surface area (Å²) in [4.78, 5) is 25.0. The fourth-order valence-corrected chi connectivity index (χ4v) is 2.14. The molecular weight excluding hydrogens is 301 g/mol. The van der Waals surface area contributed by atoms with Crippen LogP contribution in [0.5, 0.6) is 0 Å². The summed E-state index contributed by atoms with van der Waals surface area (Å²) >= 11 is 0. The molecule has 2 rings (SSSR count). The molecule has 0 bridgehead atoms. The van der Waals surface area contributed by atoms with Gasteiger partial charge >= 0.3 is 18.0 Å². The van der Waals surface area contributed by atoms with E-state index in [1.54, 1.807) is 0 Å². The minimum Gasteiger partial charge on any atom is -0.393 e. The first kappa shape index (κ1) is 16.3. The number of amides is 2. The first-order chi connectivity index (χ1) is 10.3. The molecule has 0 aromatic heterocycles. The number of piperidine rings is 1. The molecule has 1 aromatic rings. The number of carbonyl (C=O) groups excluding carboxylic acids is 2. The average Bonchev–Trinajstić information content (AvgIpc) is 2.47. The molecule has 22 heavy (non-hydrogen) atoms. The zero-order valence-electron chi connectivity index (χ0n) is 11.6. The zero-order chi connectivity index (χ0) is 16.3. The van der Waals surface area contributed by atoms with Crippen molar-refractivity contribution in [1.29, 1.82) is 0 Å². The number of hydrogen-bond donors (Lipinski definition) is 2. The Morgan fingerprint density at radius 3 is 2.18 bits per heavy atom. The fourth-order valence-electron chi connectivity index (χ4n) is 2.14. The maximum Gasteiger partial charge on any atom is 0.416 e. The van der Waals surface area contributed by atoms with Crippen LogP contribution in [0.1, 0.15) is 18.4 Å². The largest absolute Gasteiger partial charge is 0.416 e. The van der Waals surface area contributed by atoms with E-state index in [4.69, 9.17) is 0 Å². The number of anilines is 1. The van der Waals surface area contributed by atoms with Crippen LogP contribution >= 0.6 is 0 Å². The molecule has 0 spiro atoms. The Balaban J connectivity index is 1.95. The third kappa shape index (κ3) is 3.97. The van der Waals surface area contributed by atoms with E-state index in [-0.39, 0.29) is 18.8 Å². The van der Waals surface area contributed by atoms with E-state index in [1.807, 2.05) is 0 Å². The van der Waals surface area contributed by atoms with Gasteiger partial charge in [0, 0.05) is 18.8 Å². The predicted molar refractivity (Wildman–Crippen MR) is 71.9 cm³/mol. The van der Waals surface area contributed by atoms with Crippen LogP contribution in [0.3, 0.4) is 0 Å². The van der Waals surface area contributed by atoms with Crippen molar-refractivity contribution >= 4 is 17.5 Å². The van der Waals surface area contributed by atoms with Crippen molar-refractivity contribution in [2.24, 2.45) is 0 Å². The van der Waals surface area contributed by atoms with Crippen LogP contribution in [0.15, 0.2) is 24.3 Å². The number of benzene rings is 1. The molecule has 0 saturated carbocycles. The molecule has 0 atom stereocenters.